The summed E-state index contributed by atoms with van der Waals surface area (Å²) in [6.45, 7) is 1.47. The third kappa shape index (κ3) is 10.8. The Labute approximate surface area is 254 Å². The molecule has 0 aliphatic carbocycles. The van der Waals surface area contributed by atoms with E-state index in [0.717, 1.165) is 11.1 Å². The summed E-state index contributed by atoms with van der Waals surface area (Å²) < 4.78 is 14.7. The topological polar surface area (TPSA) is 107 Å². The fourth-order valence-electron chi connectivity index (χ4n) is 3.41. The molecule has 2 aromatic carbocycles. The number of hydrogen-bond donors (Lipinski definition) is 2. The first kappa shape index (κ1) is 33.7. The molecule has 0 fully saturated rings. The van der Waals surface area contributed by atoms with Crippen LogP contribution in [0.3, 0.4) is 0 Å². The van der Waals surface area contributed by atoms with Crippen molar-refractivity contribution < 1.29 is 14.4 Å². The van der Waals surface area contributed by atoms with Gasteiger partial charge in [0.25, 0.3) is 5.56 Å². The first-order chi connectivity index (χ1) is 18.2. The van der Waals surface area contributed by atoms with E-state index in [0.29, 0.717) is 15.6 Å². The van der Waals surface area contributed by atoms with Crippen molar-refractivity contribution in [2.24, 2.45) is 0 Å². The van der Waals surface area contributed by atoms with E-state index in [1.54, 1.807) is 55.9 Å². The molecule has 3 aromatic rings. The Morgan fingerprint density at radius 3 is 1.85 bits per heavy atom. The number of rotatable bonds is 4. The number of hydrogen-bond acceptors (Lipinski definition) is 5. The highest BCUT2D eigenvalue weighted by Gasteiger charge is 2.35. The first-order valence-corrected chi connectivity index (χ1v) is 15.2. The van der Waals surface area contributed by atoms with Crippen molar-refractivity contribution in [3.63, 3.8) is 0 Å². The third-order valence-electron chi connectivity index (χ3n) is 5.14. The largest absolute Gasteiger partial charge is 0.617 e. The molecule has 2 N–H and O–H groups in total. The average Bonchev–Trinajstić information content (AvgIpc) is 3.32. The number of benzene rings is 2. The van der Waals surface area contributed by atoms with E-state index in [2.05, 4.69) is 4.98 Å². The van der Waals surface area contributed by atoms with Crippen LogP contribution in [0.5, 0.6) is 0 Å². The van der Waals surface area contributed by atoms with Gasteiger partial charge in [-0.15, -0.1) is 0 Å². The maximum absolute atomic E-state index is 11.5. The van der Waals surface area contributed by atoms with Crippen LogP contribution in [0.2, 0.25) is 10.0 Å². The molecule has 0 spiro atoms. The van der Waals surface area contributed by atoms with E-state index in [1.165, 1.54) is 10.8 Å². The quantitative estimate of drug-likeness (QED) is 0.210. The van der Waals surface area contributed by atoms with Gasteiger partial charge in [0.1, 0.15) is 6.10 Å². The van der Waals surface area contributed by atoms with Crippen molar-refractivity contribution in [1.82, 2.24) is 9.55 Å². The minimum Gasteiger partial charge on any atom is -0.617 e. The second-order valence-electron chi connectivity index (χ2n) is 8.43. The Bertz CT molecular complexity index is 1290. The molecule has 7 nitrogen and oxygen atoms in total. The molecule has 2 heterocycles. The van der Waals surface area contributed by atoms with Crippen LogP contribution in [0.25, 0.3) is 0 Å². The summed E-state index contributed by atoms with van der Waals surface area (Å²) in [5.41, 5.74) is 1.27. The van der Waals surface area contributed by atoms with Gasteiger partial charge in [0.15, 0.2) is 6.23 Å². The van der Waals surface area contributed by atoms with E-state index in [-0.39, 0.29) is 12.5 Å². The van der Waals surface area contributed by atoms with E-state index in [4.69, 9.17) is 67.8 Å². The van der Waals surface area contributed by atoms with Crippen LogP contribution in [-0.4, -0.2) is 48.2 Å². The van der Waals surface area contributed by atoms with Crippen molar-refractivity contribution in [1.29, 1.82) is 0 Å². The third-order valence-corrected chi connectivity index (χ3v) is 6.30. The fraction of sp³-hybridized carbons (Fsp3) is 0.308. The van der Waals surface area contributed by atoms with Crippen LogP contribution in [-0.2, 0) is 15.9 Å². The maximum Gasteiger partial charge on any atom is 0.330 e. The molecule has 2 atom stereocenters. The van der Waals surface area contributed by atoms with Gasteiger partial charge in [-0.05, 0) is 48.4 Å². The van der Waals surface area contributed by atoms with Gasteiger partial charge in [0.2, 0.25) is 3.79 Å². The highest BCUT2D eigenvalue weighted by Crippen LogP contribution is 2.45. The number of aromatic amines is 1. The van der Waals surface area contributed by atoms with Gasteiger partial charge in [-0.25, -0.2) is 4.79 Å². The van der Waals surface area contributed by atoms with Crippen LogP contribution in [0.15, 0.2) is 76.5 Å². The molecule has 0 saturated heterocycles. The van der Waals surface area contributed by atoms with Crippen molar-refractivity contribution in [2.45, 2.75) is 29.0 Å². The molecular formula is C26H27Cl5N2O5S. The fourth-order valence-corrected chi connectivity index (χ4v) is 4.41. The zero-order valence-corrected chi connectivity index (χ0v) is 25.7. The maximum atomic E-state index is 11.5. The molecule has 1 aliphatic rings. The molecule has 0 radical (unpaired) electrons. The number of halogens is 5. The summed E-state index contributed by atoms with van der Waals surface area (Å²) in [4.78, 5) is 24.9. The molecule has 212 valence electrons. The highest BCUT2D eigenvalue weighted by molar-refractivity contribution is 7.89. The predicted molar refractivity (Wildman–Crippen MR) is 161 cm³/mol. The second-order valence-corrected chi connectivity index (χ2v) is 13.2. The summed E-state index contributed by atoms with van der Waals surface area (Å²) in [6.07, 6.45) is 7.09. The van der Waals surface area contributed by atoms with Crippen molar-refractivity contribution in [2.75, 3.05) is 19.1 Å². The molecular weight excluding hydrogens is 630 g/mol. The van der Waals surface area contributed by atoms with Gasteiger partial charge in [0, 0.05) is 21.8 Å². The number of ether oxygens (including phenoxy) is 1. The Kier molecular flexibility index (Phi) is 13.4. The zero-order valence-electron chi connectivity index (χ0n) is 21.1. The summed E-state index contributed by atoms with van der Waals surface area (Å²) in [7, 11) is 0. The lowest BCUT2D eigenvalue weighted by molar-refractivity contribution is -0.0104. The number of aryl methyl sites for hydroxylation is 1. The van der Waals surface area contributed by atoms with Gasteiger partial charge in [0.05, 0.1) is 25.0 Å². The van der Waals surface area contributed by atoms with Crippen LogP contribution in [0.4, 0.5) is 0 Å². The van der Waals surface area contributed by atoms with E-state index in [9.17, 15) is 14.1 Å². The van der Waals surface area contributed by atoms with Crippen LogP contribution in [0, 0.1) is 6.92 Å². The molecule has 1 aromatic heterocycles. The summed E-state index contributed by atoms with van der Waals surface area (Å²) in [6, 6.07) is 14.5. The molecule has 39 heavy (non-hydrogen) atoms. The predicted octanol–water partition coefficient (Wildman–Crippen LogP) is 5.78. The number of aromatic nitrogens is 2. The molecule has 0 bridgehead atoms. The standard InChI is InChI=1S/C14H9Cl5.C10H12N2O4.C2H6OS/c15-11-5-1-9(2-6-11)13(14(17,18)19)10-3-7-12(16)8-4-10;1-6-4-12(10(15)11-9(6)14)8-3-2-7(5-13)16-8;1-4(2)3/h1-8,13H;2-4,7-8,13H,5H2,1H3,(H,11,14,15);1-2H3/t;7-,8+;/m.0./s1. The van der Waals surface area contributed by atoms with Crippen molar-refractivity contribution >= 4 is 69.2 Å². The van der Waals surface area contributed by atoms with Crippen molar-refractivity contribution in [3.05, 3.63) is 114 Å². The molecule has 0 unspecified atom stereocenters. The van der Waals surface area contributed by atoms with Crippen LogP contribution >= 0.6 is 58.0 Å². The lowest BCUT2D eigenvalue weighted by Crippen LogP contribution is -2.33. The summed E-state index contributed by atoms with van der Waals surface area (Å²) in [5, 5.41) is 10.2. The molecule has 4 rings (SSSR count). The molecule has 0 amide bonds. The van der Waals surface area contributed by atoms with E-state index >= 15 is 0 Å². The Hall–Kier alpha value is -1.46. The van der Waals surface area contributed by atoms with Crippen molar-refractivity contribution in [3.8, 4) is 0 Å². The average molecular weight is 657 g/mol. The monoisotopic (exact) mass is 654 g/mol. The number of H-pyrrole nitrogens is 1. The molecule has 0 saturated carbocycles. The summed E-state index contributed by atoms with van der Waals surface area (Å²) >= 11 is 29.5. The van der Waals surface area contributed by atoms with Gasteiger partial charge in [-0.2, -0.15) is 0 Å². The zero-order chi connectivity index (χ0) is 29.3. The van der Waals surface area contributed by atoms with Crippen LogP contribution in [0.1, 0.15) is 28.8 Å². The normalized spacial score (nSPS) is 16.5. The second kappa shape index (κ2) is 15.5. The number of nitrogens with zero attached hydrogens (tertiary/aromatic N) is 1. The minimum absolute atomic E-state index is 0.135. The minimum atomic E-state index is -1.46. The van der Waals surface area contributed by atoms with Gasteiger partial charge in [-0.1, -0.05) is 99.5 Å². The molecule has 1 aliphatic heterocycles. The Morgan fingerprint density at radius 2 is 1.46 bits per heavy atom. The number of alkyl halides is 3. The van der Waals surface area contributed by atoms with E-state index in [1.807, 2.05) is 24.3 Å². The first-order valence-electron chi connectivity index (χ1n) is 11.3. The number of aliphatic hydroxyl groups excluding tert-OH is 1. The van der Waals surface area contributed by atoms with Gasteiger partial charge in [-0.3, -0.25) is 14.3 Å². The van der Waals surface area contributed by atoms with Gasteiger partial charge < -0.3 is 14.4 Å². The number of nitrogens with one attached hydrogen (secondary N) is 1. The molecule has 13 heteroatoms. The summed E-state index contributed by atoms with van der Waals surface area (Å²) in [5.74, 6) is -0.382. The van der Waals surface area contributed by atoms with E-state index < -0.39 is 38.5 Å². The van der Waals surface area contributed by atoms with Crippen LogP contribution < -0.4 is 11.2 Å². The smallest absolute Gasteiger partial charge is 0.330 e. The lowest BCUT2D eigenvalue weighted by Gasteiger charge is -2.25. The Balaban J connectivity index is 0.000000243. The Morgan fingerprint density at radius 1 is 1.00 bits per heavy atom. The SMILES string of the molecule is C[S+](C)[O-].Cc1cn([C@H]2C=C[C@@H](CO)O2)c(=O)[nH]c1=O.Clc1ccc(C(c2ccc(Cl)cc2)C(Cl)(Cl)Cl)cc1. The number of aliphatic hydroxyl groups is 1. The highest BCUT2D eigenvalue weighted by atomic mass is 35.6. The lowest BCUT2D eigenvalue weighted by atomic mass is 9.92. The van der Waals surface area contributed by atoms with Gasteiger partial charge >= 0.3 is 5.69 Å².